The second-order valence-electron chi connectivity index (χ2n) is 8.03. The SMILES string of the molecule is CC(C)=C(C)C(=O)CC(C)C.CC(C)C1CC1.CCC(C)C. The van der Waals surface area contributed by atoms with Crippen LogP contribution >= 0.6 is 0 Å². The largest absolute Gasteiger partial charge is 0.295 e. The number of Topliss-reactive ketones (excluding diaryl/α,β-unsaturated/α-hetero) is 1. The van der Waals surface area contributed by atoms with Crippen LogP contribution in [0.15, 0.2) is 11.1 Å². The Morgan fingerprint density at radius 2 is 1.32 bits per heavy atom. The maximum Gasteiger partial charge on any atom is 0.158 e. The quantitative estimate of drug-likeness (QED) is 0.496. The van der Waals surface area contributed by atoms with Crippen LogP contribution in [-0.4, -0.2) is 5.78 Å². The molecule has 0 N–H and O–H groups in total. The maximum atomic E-state index is 11.3. The molecule has 0 atom stereocenters. The third-order valence-electron chi connectivity index (χ3n) is 4.14. The van der Waals surface area contributed by atoms with Crippen LogP contribution in [0.1, 0.15) is 94.9 Å². The molecule has 0 aromatic rings. The van der Waals surface area contributed by atoms with Crippen molar-refractivity contribution in [2.45, 2.75) is 94.9 Å². The monoisotopic (exact) mass is 310 g/mol. The summed E-state index contributed by atoms with van der Waals surface area (Å²) in [7, 11) is 0. The number of rotatable bonds is 5. The topological polar surface area (TPSA) is 17.1 Å². The van der Waals surface area contributed by atoms with Gasteiger partial charge in [-0.15, -0.1) is 0 Å². The van der Waals surface area contributed by atoms with Gasteiger partial charge in [0.25, 0.3) is 0 Å². The fourth-order valence-electron chi connectivity index (χ4n) is 1.57. The van der Waals surface area contributed by atoms with E-state index in [2.05, 4.69) is 48.5 Å². The molecule has 0 aromatic carbocycles. The van der Waals surface area contributed by atoms with Crippen LogP contribution in [0.5, 0.6) is 0 Å². The minimum Gasteiger partial charge on any atom is -0.295 e. The Morgan fingerprint density at radius 1 is 0.909 bits per heavy atom. The number of ketones is 1. The Kier molecular flexibility index (Phi) is 13.9. The predicted octanol–water partition coefficient (Wildman–Crippen LogP) is 7.06. The molecule has 0 saturated heterocycles. The smallest absolute Gasteiger partial charge is 0.158 e. The van der Waals surface area contributed by atoms with Gasteiger partial charge >= 0.3 is 0 Å². The minimum absolute atomic E-state index is 0.292. The van der Waals surface area contributed by atoms with Crippen LogP contribution in [0, 0.1) is 23.7 Å². The lowest BCUT2D eigenvalue weighted by atomic mass is 10.00. The van der Waals surface area contributed by atoms with Crippen molar-refractivity contribution in [2.24, 2.45) is 23.7 Å². The Labute approximate surface area is 141 Å². The lowest BCUT2D eigenvalue weighted by Crippen LogP contribution is -2.04. The van der Waals surface area contributed by atoms with Crippen LogP contribution in [-0.2, 0) is 4.79 Å². The Bertz CT molecular complexity index is 313. The van der Waals surface area contributed by atoms with Gasteiger partial charge in [-0.3, -0.25) is 4.79 Å². The molecule has 1 aliphatic carbocycles. The van der Waals surface area contributed by atoms with Crippen LogP contribution in [0.2, 0.25) is 0 Å². The van der Waals surface area contributed by atoms with Crippen molar-refractivity contribution < 1.29 is 4.79 Å². The van der Waals surface area contributed by atoms with Gasteiger partial charge in [-0.1, -0.05) is 60.5 Å². The summed E-state index contributed by atoms with van der Waals surface area (Å²) in [6.07, 6.45) is 4.98. The molecule has 1 saturated carbocycles. The Balaban J connectivity index is 0. The molecule has 0 bridgehead atoms. The molecule has 132 valence electrons. The number of allylic oxidation sites excluding steroid dienone is 2. The molecule has 0 aromatic heterocycles. The van der Waals surface area contributed by atoms with Crippen molar-refractivity contribution in [3.05, 3.63) is 11.1 Å². The van der Waals surface area contributed by atoms with Gasteiger partial charge in [-0.05, 0) is 62.9 Å². The molecule has 0 unspecified atom stereocenters. The molecule has 1 nitrogen and oxygen atoms in total. The van der Waals surface area contributed by atoms with Crippen molar-refractivity contribution in [1.29, 1.82) is 0 Å². The van der Waals surface area contributed by atoms with Crippen LogP contribution in [0.3, 0.4) is 0 Å². The van der Waals surface area contributed by atoms with E-state index in [1.165, 1.54) is 19.3 Å². The van der Waals surface area contributed by atoms with E-state index in [4.69, 9.17) is 0 Å². The third kappa shape index (κ3) is 15.8. The van der Waals surface area contributed by atoms with E-state index < -0.39 is 0 Å². The van der Waals surface area contributed by atoms with E-state index in [1.54, 1.807) is 0 Å². The van der Waals surface area contributed by atoms with E-state index >= 15 is 0 Å². The zero-order valence-corrected chi connectivity index (χ0v) is 17.0. The second kappa shape index (κ2) is 12.9. The summed E-state index contributed by atoms with van der Waals surface area (Å²) >= 11 is 0. The van der Waals surface area contributed by atoms with Gasteiger partial charge in [0.2, 0.25) is 0 Å². The van der Waals surface area contributed by atoms with E-state index in [-0.39, 0.29) is 0 Å². The third-order valence-corrected chi connectivity index (χ3v) is 4.14. The zero-order chi connectivity index (χ0) is 17.9. The van der Waals surface area contributed by atoms with Crippen molar-refractivity contribution in [3.8, 4) is 0 Å². The first-order chi connectivity index (χ1) is 10.0. The van der Waals surface area contributed by atoms with Crippen molar-refractivity contribution in [3.63, 3.8) is 0 Å². The lowest BCUT2D eigenvalue weighted by Gasteiger charge is -2.04. The van der Waals surface area contributed by atoms with Gasteiger partial charge in [0.15, 0.2) is 5.78 Å². The highest BCUT2D eigenvalue weighted by atomic mass is 16.1. The average Bonchev–Trinajstić information content (AvgIpc) is 3.22. The van der Waals surface area contributed by atoms with Crippen molar-refractivity contribution in [1.82, 2.24) is 0 Å². The first-order valence-corrected chi connectivity index (χ1v) is 9.20. The summed E-state index contributed by atoms with van der Waals surface area (Å²) in [4.78, 5) is 11.3. The standard InChI is InChI=1S/C10H18O.C6H12.C5H12/c1-7(2)6-10(11)9(5)8(3)4;1-5(2)6-3-4-6;1-4-5(2)3/h7H,6H2,1-5H3;5-6H,3-4H2,1-2H3;5H,4H2,1-3H3. The molecule has 1 rings (SSSR count). The summed E-state index contributed by atoms with van der Waals surface area (Å²) in [6.45, 7) is 21.2. The van der Waals surface area contributed by atoms with Gasteiger partial charge in [0, 0.05) is 6.42 Å². The lowest BCUT2D eigenvalue weighted by molar-refractivity contribution is -0.116. The Morgan fingerprint density at radius 3 is 1.45 bits per heavy atom. The van der Waals surface area contributed by atoms with Gasteiger partial charge in [-0.25, -0.2) is 0 Å². The first kappa shape index (κ1) is 23.7. The van der Waals surface area contributed by atoms with Crippen molar-refractivity contribution in [2.75, 3.05) is 0 Å². The summed E-state index contributed by atoms with van der Waals surface area (Å²) in [6, 6.07) is 0. The molecular formula is C21H42O. The van der Waals surface area contributed by atoms with E-state index in [1.807, 2.05) is 20.8 Å². The van der Waals surface area contributed by atoms with Gasteiger partial charge in [-0.2, -0.15) is 0 Å². The fraction of sp³-hybridized carbons (Fsp3) is 0.857. The van der Waals surface area contributed by atoms with E-state index in [0.717, 1.165) is 28.9 Å². The summed E-state index contributed by atoms with van der Waals surface area (Å²) in [5, 5.41) is 0. The minimum atomic E-state index is 0.292. The first-order valence-electron chi connectivity index (χ1n) is 9.20. The number of carbonyl (C=O) groups is 1. The van der Waals surface area contributed by atoms with Gasteiger partial charge < -0.3 is 0 Å². The molecule has 0 spiro atoms. The van der Waals surface area contributed by atoms with Crippen LogP contribution < -0.4 is 0 Å². The van der Waals surface area contributed by atoms with Gasteiger partial charge in [0.1, 0.15) is 0 Å². The number of carbonyl (C=O) groups excluding carboxylic acids is 1. The fourth-order valence-corrected chi connectivity index (χ4v) is 1.57. The molecule has 1 heteroatoms. The highest BCUT2D eigenvalue weighted by Gasteiger charge is 2.23. The summed E-state index contributed by atoms with van der Waals surface area (Å²) in [5.41, 5.74) is 2.06. The molecule has 0 radical (unpaired) electrons. The normalized spacial score (nSPS) is 13.3. The average molecular weight is 311 g/mol. The number of hydrogen-bond acceptors (Lipinski definition) is 1. The summed E-state index contributed by atoms with van der Waals surface area (Å²) < 4.78 is 0. The zero-order valence-electron chi connectivity index (χ0n) is 17.0. The molecule has 0 amide bonds. The van der Waals surface area contributed by atoms with E-state index in [0.29, 0.717) is 18.1 Å². The molecule has 0 aliphatic heterocycles. The van der Waals surface area contributed by atoms with Crippen molar-refractivity contribution >= 4 is 5.78 Å². The van der Waals surface area contributed by atoms with E-state index in [9.17, 15) is 4.79 Å². The second-order valence-corrected chi connectivity index (χ2v) is 8.03. The van der Waals surface area contributed by atoms with Gasteiger partial charge in [0.05, 0.1) is 0 Å². The molecule has 22 heavy (non-hydrogen) atoms. The number of hydrogen-bond donors (Lipinski definition) is 0. The Hall–Kier alpha value is -0.590. The molecule has 0 heterocycles. The molecule has 1 aliphatic rings. The molecule has 1 fully saturated rings. The highest BCUT2D eigenvalue weighted by Crippen LogP contribution is 2.35. The highest BCUT2D eigenvalue weighted by molar-refractivity contribution is 5.95. The summed E-state index contributed by atoms with van der Waals surface area (Å²) in [5.74, 6) is 3.71. The van der Waals surface area contributed by atoms with Crippen LogP contribution in [0.4, 0.5) is 0 Å². The molecular weight excluding hydrogens is 268 g/mol. The maximum absolute atomic E-state index is 11.3. The van der Waals surface area contributed by atoms with Crippen LogP contribution in [0.25, 0.3) is 0 Å². The predicted molar refractivity (Wildman–Crippen MR) is 101 cm³/mol.